The molecular formula is C17H19FN8O. The average Bonchev–Trinajstić information content (AvgIpc) is 3.00. The van der Waals surface area contributed by atoms with Gasteiger partial charge in [0.2, 0.25) is 17.8 Å². The number of amides is 1. The number of hydrogen-bond acceptors (Lipinski definition) is 7. The molecule has 0 bridgehead atoms. The number of hydrogen-bond donors (Lipinski definition) is 3. The smallest absolute Gasteiger partial charge is 0.233 e. The quantitative estimate of drug-likeness (QED) is 0.609. The highest BCUT2D eigenvalue weighted by Crippen LogP contribution is 2.15. The van der Waals surface area contributed by atoms with Crippen molar-refractivity contribution in [1.29, 1.82) is 0 Å². The number of halogens is 1. The van der Waals surface area contributed by atoms with Gasteiger partial charge in [0.15, 0.2) is 5.82 Å². The van der Waals surface area contributed by atoms with Gasteiger partial charge in [-0.1, -0.05) is 6.07 Å². The van der Waals surface area contributed by atoms with Crippen molar-refractivity contribution < 1.29 is 9.18 Å². The van der Waals surface area contributed by atoms with Crippen molar-refractivity contribution in [2.45, 2.75) is 13.3 Å². The van der Waals surface area contributed by atoms with Crippen molar-refractivity contribution in [3.8, 4) is 0 Å². The van der Waals surface area contributed by atoms with E-state index in [9.17, 15) is 9.18 Å². The van der Waals surface area contributed by atoms with Crippen LogP contribution in [0, 0.1) is 12.7 Å². The molecule has 1 amide bonds. The van der Waals surface area contributed by atoms with Crippen molar-refractivity contribution in [2.24, 2.45) is 0 Å². The van der Waals surface area contributed by atoms with Crippen LogP contribution < -0.4 is 15.5 Å². The first-order chi connectivity index (χ1) is 12.9. The third-order valence-corrected chi connectivity index (χ3v) is 3.47. The number of aromatic nitrogens is 5. The molecule has 1 aromatic carbocycles. The van der Waals surface area contributed by atoms with Gasteiger partial charge < -0.3 is 15.5 Å². The summed E-state index contributed by atoms with van der Waals surface area (Å²) in [6.07, 6.45) is 0.0599. The molecule has 3 N–H and O–H groups in total. The van der Waals surface area contributed by atoms with Crippen molar-refractivity contribution in [3.05, 3.63) is 47.7 Å². The summed E-state index contributed by atoms with van der Waals surface area (Å²) >= 11 is 0. The van der Waals surface area contributed by atoms with Crippen molar-refractivity contribution in [2.75, 3.05) is 29.6 Å². The Kier molecular flexibility index (Phi) is 5.25. The van der Waals surface area contributed by atoms with E-state index in [1.165, 1.54) is 18.2 Å². The molecule has 140 valence electrons. The Balaban J connectivity index is 1.64. The molecule has 2 aromatic heterocycles. The minimum atomic E-state index is -0.412. The first-order valence-corrected chi connectivity index (χ1v) is 8.16. The lowest BCUT2D eigenvalue weighted by molar-refractivity contribution is -0.115. The number of benzene rings is 1. The Hall–Kier alpha value is -3.56. The van der Waals surface area contributed by atoms with E-state index in [1.54, 1.807) is 24.0 Å². The van der Waals surface area contributed by atoms with Crippen LogP contribution in [0.5, 0.6) is 0 Å². The van der Waals surface area contributed by atoms with Gasteiger partial charge in [-0.3, -0.25) is 9.89 Å². The number of carbonyl (C=O) groups is 1. The van der Waals surface area contributed by atoms with Gasteiger partial charge >= 0.3 is 0 Å². The fraction of sp³-hybridized carbons (Fsp3) is 0.235. The number of anilines is 4. The van der Waals surface area contributed by atoms with E-state index in [2.05, 4.69) is 35.8 Å². The van der Waals surface area contributed by atoms with Gasteiger partial charge in [0.05, 0.1) is 6.42 Å². The minimum absolute atomic E-state index is 0.0599. The summed E-state index contributed by atoms with van der Waals surface area (Å²) in [5.74, 6) is 1.22. The Bertz CT molecular complexity index is 956. The lowest BCUT2D eigenvalue weighted by Gasteiger charge is -2.11. The highest BCUT2D eigenvalue weighted by atomic mass is 19.1. The molecule has 9 nitrogen and oxygen atoms in total. The van der Waals surface area contributed by atoms with Crippen LogP contribution in [-0.4, -0.2) is 45.2 Å². The molecule has 0 unspecified atom stereocenters. The molecule has 0 aliphatic rings. The molecule has 2 heterocycles. The Morgan fingerprint density at radius 2 is 2.04 bits per heavy atom. The molecule has 0 aliphatic carbocycles. The molecule has 3 aromatic rings. The second-order valence-electron chi connectivity index (χ2n) is 6.04. The van der Waals surface area contributed by atoms with Crippen LogP contribution in [0.2, 0.25) is 0 Å². The largest absolute Gasteiger partial charge is 0.347 e. The van der Waals surface area contributed by atoms with Crippen LogP contribution in [-0.2, 0) is 11.2 Å². The monoisotopic (exact) mass is 370 g/mol. The predicted octanol–water partition coefficient (Wildman–Crippen LogP) is 2.03. The van der Waals surface area contributed by atoms with E-state index >= 15 is 0 Å². The zero-order valence-corrected chi connectivity index (χ0v) is 15.1. The lowest BCUT2D eigenvalue weighted by Crippen LogP contribution is -2.15. The van der Waals surface area contributed by atoms with Crippen molar-refractivity contribution in [3.63, 3.8) is 0 Å². The summed E-state index contributed by atoms with van der Waals surface area (Å²) < 4.78 is 13.2. The first-order valence-electron chi connectivity index (χ1n) is 8.16. The predicted molar refractivity (Wildman–Crippen MR) is 99.5 cm³/mol. The number of H-pyrrole nitrogens is 1. The molecule has 0 atom stereocenters. The normalized spacial score (nSPS) is 10.5. The third kappa shape index (κ3) is 4.97. The zero-order chi connectivity index (χ0) is 19.4. The van der Waals surface area contributed by atoms with Gasteiger partial charge in [0, 0.05) is 31.5 Å². The van der Waals surface area contributed by atoms with Crippen LogP contribution in [0.4, 0.5) is 27.8 Å². The third-order valence-electron chi connectivity index (χ3n) is 3.47. The van der Waals surface area contributed by atoms with E-state index in [0.29, 0.717) is 34.9 Å². The molecule has 10 heteroatoms. The zero-order valence-electron chi connectivity index (χ0n) is 15.1. The Morgan fingerprint density at radius 3 is 2.78 bits per heavy atom. The second-order valence-corrected chi connectivity index (χ2v) is 6.04. The maximum atomic E-state index is 13.2. The molecule has 0 radical (unpaired) electrons. The number of carbonyl (C=O) groups excluding carboxylic acids is 1. The molecule has 0 saturated carbocycles. The summed E-state index contributed by atoms with van der Waals surface area (Å²) in [5, 5.41) is 12.5. The topological polar surface area (TPSA) is 112 Å². The van der Waals surface area contributed by atoms with Crippen molar-refractivity contribution in [1.82, 2.24) is 25.1 Å². The molecule has 27 heavy (non-hydrogen) atoms. The average molecular weight is 370 g/mol. The standard InChI is InChI=1S/C17H19FN8O/c1-10-19-16(23-17(20-10)26(2)3)22-14-8-13(24-25-14)9-15(27)21-12-6-4-5-11(18)7-12/h4-8H,9H2,1-3H3,(H,21,27)(H2,19,20,22,23,24,25). The highest BCUT2D eigenvalue weighted by molar-refractivity contribution is 5.92. The molecular weight excluding hydrogens is 351 g/mol. The van der Waals surface area contributed by atoms with Gasteiger partial charge in [-0.05, 0) is 25.1 Å². The molecule has 0 saturated heterocycles. The first kappa shape index (κ1) is 18.2. The molecule has 0 spiro atoms. The van der Waals surface area contributed by atoms with Gasteiger partial charge in [0.1, 0.15) is 11.6 Å². The van der Waals surface area contributed by atoms with Crippen LogP contribution in [0.15, 0.2) is 30.3 Å². The molecule has 3 rings (SSSR count). The maximum Gasteiger partial charge on any atom is 0.233 e. The summed E-state index contributed by atoms with van der Waals surface area (Å²) in [7, 11) is 3.67. The number of rotatable bonds is 6. The minimum Gasteiger partial charge on any atom is -0.347 e. The van der Waals surface area contributed by atoms with Crippen molar-refractivity contribution >= 4 is 29.3 Å². The number of aryl methyl sites for hydroxylation is 1. The summed E-state index contributed by atoms with van der Waals surface area (Å²) in [6, 6.07) is 7.39. The van der Waals surface area contributed by atoms with Gasteiger partial charge in [0.25, 0.3) is 0 Å². The fourth-order valence-electron chi connectivity index (χ4n) is 2.30. The second kappa shape index (κ2) is 7.77. The molecule has 0 fully saturated rings. The van der Waals surface area contributed by atoms with E-state index in [-0.39, 0.29) is 12.3 Å². The number of aromatic amines is 1. The van der Waals surface area contributed by atoms with Gasteiger partial charge in [-0.25, -0.2) is 4.39 Å². The van der Waals surface area contributed by atoms with E-state index < -0.39 is 5.82 Å². The molecule has 0 aliphatic heterocycles. The van der Waals surface area contributed by atoms with E-state index in [4.69, 9.17) is 0 Å². The number of nitrogens with one attached hydrogen (secondary N) is 3. The van der Waals surface area contributed by atoms with Gasteiger partial charge in [-0.15, -0.1) is 0 Å². The van der Waals surface area contributed by atoms with E-state index in [0.717, 1.165) is 0 Å². The highest BCUT2D eigenvalue weighted by Gasteiger charge is 2.10. The van der Waals surface area contributed by atoms with E-state index in [1.807, 2.05) is 14.1 Å². The lowest BCUT2D eigenvalue weighted by atomic mass is 10.2. The van der Waals surface area contributed by atoms with Crippen LogP contribution in [0.1, 0.15) is 11.5 Å². The van der Waals surface area contributed by atoms with Crippen LogP contribution >= 0.6 is 0 Å². The Labute approximate surface area is 155 Å². The van der Waals surface area contributed by atoms with Crippen LogP contribution in [0.3, 0.4) is 0 Å². The van der Waals surface area contributed by atoms with Gasteiger partial charge in [-0.2, -0.15) is 20.1 Å². The summed E-state index contributed by atoms with van der Waals surface area (Å²) in [5.41, 5.74) is 0.986. The number of nitrogens with zero attached hydrogens (tertiary/aromatic N) is 5. The Morgan fingerprint density at radius 1 is 1.22 bits per heavy atom. The fourth-order valence-corrected chi connectivity index (χ4v) is 2.30. The summed E-state index contributed by atoms with van der Waals surface area (Å²) in [6.45, 7) is 1.77. The maximum absolute atomic E-state index is 13.2. The van der Waals surface area contributed by atoms with Crippen LogP contribution in [0.25, 0.3) is 0 Å². The summed E-state index contributed by atoms with van der Waals surface area (Å²) in [4.78, 5) is 26.6. The SMILES string of the molecule is Cc1nc(Nc2cc(CC(=O)Nc3cccc(F)c3)[nH]n2)nc(N(C)C)n1.